The van der Waals surface area contributed by atoms with E-state index in [4.69, 9.17) is 4.74 Å². The first-order valence-corrected chi connectivity index (χ1v) is 12.9. The monoisotopic (exact) mass is 516 g/mol. The summed E-state index contributed by atoms with van der Waals surface area (Å²) in [6.45, 7) is 8.15. The normalized spacial score (nSPS) is 18.0. The van der Waals surface area contributed by atoms with E-state index < -0.39 is 5.97 Å². The lowest BCUT2D eigenvalue weighted by atomic mass is 9.98. The summed E-state index contributed by atoms with van der Waals surface area (Å²) >= 11 is 3.53. The Kier molecular flexibility index (Phi) is 7.08. The number of hydrogen-bond donors (Lipinski definition) is 1. The second kappa shape index (κ2) is 9.81. The number of carbonyl (C=O) groups is 1. The molecule has 3 aromatic rings. The molecule has 170 valence electrons. The molecule has 0 bridgehead atoms. The Morgan fingerprint density at radius 1 is 1.28 bits per heavy atom. The van der Waals surface area contributed by atoms with E-state index in [9.17, 15) is 9.90 Å². The number of carboxylic acids is 1. The van der Waals surface area contributed by atoms with Gasteiger partial charge in [0.2, 0.25) is 0 Å². The van der Waals surface area contributed by atoms with Crippen molar-refractivity contribution >= 4 is 48.8 Å². The molecular formula is C25H29BrN2O3S. The van der Waals surface area contributed by atoms with Crippen molar-refractivity contribution in [2.24, 2.45) is 0 Å². The number of hydrogen-bond acceptors (Lipinski definition) is 3. The molecule has 1 aliphatic rings. The second-order valence-corrected chi connectivity index (χ2v) is 11.3. The highest BCUT2D eigenvalue weighted by Crippen LogP contribution is 2.41. The standard InChI is InChI=1S/C25H29BrN2O3S/c1-4-32(21-8-6-20(7-9-21)31-17(2)3)28-12-11-18(14-28)23-15-27(16-25(29)30)24-13-19(26)5-10-22(23)24/h4-10,13,15,17-18H,11-12,14,16H2,1-3H3,(H,29,30). The topological polar surface area (TPSA) is 54.7 Å². The molecule has 2 heterocycles. The van der Waals surface area contributed by atoms with Gasteiger partial charge in [-0.05, 0) is 74.5 Å². The van der Waals surface area contributed by atoms with Crippen molar-refractivity contribution in [2.75, 3.05) is 13.1 Å². The van der Waals surface area contributed by atoms with E-state index in [1.807, 2.05) is 36.7 Å². The average molecular weight is 517 g/mol. The number of aromatic nitrogens is 1. The Labute approximate surface area is 200 Å². The van der Waals surface area contributed by atoms with Crippen LogP contribution in [0.4, 0.5) is 0 Å². The zero-order valence-corrected chi connectivity index (χ0v) is 21.0. The third-order valence-corrected chi connectivity index (χ3v) is 8.29. The molecule has 7 heteroatoms. The zero-order valence-electron chi connectivity index (χ0n) is 18.6. The van der Waals surface area contributed by atoms with Gasteiger partial charge in [-0.25, -0.2) is 0 Å². The van der Waals surface area contributed by atoms with Crippen LogP contribution in [0.15, 0.2) is 58.0 Å². The summed E-state index contributed by atoms with van der Waals surface area (Å²) in [6, 6.07) is 14.6. The van der Waals surface area contributed by atoms with Crippen LogP contribution in [0.25, 0.3) is 10.9 Å². The van der Waals surface area contributed by atoms with E-state index in [1.54, 1.807) is 0 Å². The summed E-state index contributed by atoms with van der Waals surface area (Å²) in [5.41, 5.74) is 2.22. The van der Waals surface area contributed by atoms with Gasteiger partial charge in [-0.2, -0.15) is 0 Å². The van der Waals surface area contributed by atoms with Crippen LogP contribution < -0.4 is 4.74 Å². The number of ether oxygens (including phenoxy) is 1. The average Bonchev–Trinajstić information content (AvgIpc) is 3.34. The van der Waals surface area contributed by atoms with Crippen molar-refractivity contribution < 1.29 is 14.6 Å². The van der Waals surface area contributed by atoms with Crippen LogP contribution in [0.2, 0.25) is 0 Å². The molecule has 0 aliphatic carbocycles. The fourth-order valence-corrected chi connectivity index (χ4v) is 6.70. The van der Waals surface area contributed by atoms with Crippen LogP contribution in [0, 0.1) is 0 Å². The van der Waals surface area contributed by atoms with E-state index in [0.29, 0.717) is 5.92 Å². The predicted octanol–water partition coefficient (Wildman–Crippen LogP) is 6.13. The van der Waals surface area contributed by atoms with E-state index in [2.05, 4.69) is 62.9 Å². The van der Waals surface area contributed by atoms with Crippen LogP contribution in [0.5, 0.6) is 5.75 Å². The van der Waals surface area contributed by atoms with Crippen molar-refractivity contribution in [1.29, 1.82) is 0 Å². The predicted molar refractivity (Wildman–Crippen MR) is 136 cm³/mol. The first-order valence-electron chi connectivity index (χ1n) is 10.9. The van der Waals surface area contributed by atoms with Crippen molar-refractivity contribution in [1.82, 2.24) is 8.87 Å². The van der Waals surface area contributed by atoms with E-state index in [1.165, 1.54) is 10.5 Å². The number of nitrogens with zero attached hydrogens (tertiary/aromatic N) is 2. The number of carboxylic acid groups (broad SMARTS) is 1. The molecule has 32 heavy (non-hydrogen) atoms. The lowest BCUT2D eigenvalue weighted by Gasteiger charge is -2.22. The van der Waals surface area contributed by atoms with Crippen LogP contribution in [-0.2, 0) is 11.3 Å². The van der Waals surface area contributed by atoms with Crippen molar-refractivity contribution in [3.63, 3.8) is 0 Å². The maximum absolute atomic E-state index is 11.4. The maximum Gasteiger partial charge on any atom is 0.323 e. The van der Waals surface area contributed by atoms with Crippen molar-refractivity contribution in [3.05, 3.63) is 58.7 Å². The van der Waals surface area contributed by atoms with Gasteiger partial charge in [0.25, 0.3) is 0 Å². The highest BCUT2D eigenvalue weighted by molar-refractivity contribution is 9.10. The summed E-state index contributed by atoms with van der Waals surface area (Å²) in [7, 11) is -0.0809. The van der Waals surface area contributed by atoms with Gasteiger partial charge in [-0.3, -0.25) is 9.10 Å². The lowest BCUT2D eigenvalue weighted by Crippen LogP contribution is -2.14. The van der Waals surface area contributed by atoms with Crippen LogP contribution >= 0.6 is 26.6 Å². The van der Waals surface area contributed by atoms with E-state index in [0.717, 1.165) is 40.6 Å². The molecule has 0 spiro atoms. The summed E-state index contributed by atoms with van der Waals surface area (Å²) in [5, 5.41) is 12.8. The third-order valence-electron chi connectivity index (χ3n) is 5.71. The fraction of sp³-hybridized carbons (Fsp3) is 0.360. The van der Waals surface area contributed by atoms with Crippen LogP contribution in [-0.4, -0.2) is 44.5 Å². The Hall–Kier alpha value is -2.09. The Morgan fingerprint density at radius 2 is 2.03 bits per heavy atom. The molecular weight excluding hydrogens is 488 g/mol. The van der Waals surface area contributed by atoms with Gasteiger partial charge in [-0.1, -0.05) is 32.7 Å². The minimum atomic E-state index is -0.825. The van der Waals surface area contributed by atoms with E-state index in [-0.39, 0.29) is 23.3 Å². The largest absolute Gasteiger partial charge is 0.491 e. The summed E-state index contributed by atoms with van der Waals surface area (Å²) in [5.74, 6) is 0.459. The summed E-state index contributed by atoms with van der Waals surface area (Å²) < 4.78 is 11.2. The molecule has 0 amide bonds. The fourth-order valence-electron chi connectivity index (χ4n) is 4.42. The lowest BCUT2D eigenvalue weighted by molar-refractivity contribution is -0.137. The van der Waals surface area contributed by atoms with Gasteiger partial charge >= 0.3 is 5.97 Å². The molecule has 1 N–H and O–H groups in total. The van der Waals surface area contributed by atoms with E-state index >= 15 is 0 Å². The number of benzene rings is 2. The Balaban J connectivity index is 1.57. The summed E-state index contributed by atoms with van der Waals surface area (Å²) in [4.78, 5) is 12.7. The first-order chi connectivity index (χ1) is 15.4. The smallest absolute Gasteiger partial charge is 0.323 e. The van der Waals surface area contributed by atoms with Crippen molar-refractivity contribution in [2.45, 2.75) is 50.7 Å². The molecule has 0 radical (unpaired) electrons. The molecule has 1 aromatic heterocycles. The second-order valence-electron chi connectivity index (χ2n) is 8.33. The van der Waals surface area contributed by atoms with Gasteiger partial charge < -0.3 is 14.4 Å². The minimum Gasteiger partial charge on any atom is -0.491 e. The van der Waals surface area contributed by atoms with Gasteiger partial charge in [0, 0.05) is 45.5 Å². The number of rotatable bonds is 7. The summed E-state index contributed by atoms with van der Waals surface area (Å²) in [6.07, 6.45) is 3.28. The van der Waals surface area contributed by atoms with Gasteiger partial charge in [0.1, 0.15) is 12.3 Å². The molecule has 2 unspecified atom stereocenters. The number of aliphatic carboxylic acids is 1. The highest BCUT2D eigenvalue weighted by Gasteiger charge is 2.28. The first kappa shape index (κ1) is 23.1. The number of fused-ring (bicyclic) bond motifs is 1. The van der Waals surface area contributed by atoms with Crippen LogP contribution in [0.1, 0.15) is 38.7 Å². The molecule has 1 saturated heterocycles. The Morgan fingerprint density at radius 3 is 2.69 bits per heavy atom. The van der Waals surface area contributed by atoms with Gasteiger partial charge in [0.05, 0.1) is 6.10 Å². The third kappa shape index (κ3) is 4.95. The highest BCUT2D eigenvalue weighted by atomic mass is 79.9. The molecule has 5 nitrogen and oxygen atoms in total. The number of halogens is 1. The van der Waals surface area contributed by atoms with Crippen LogP contribution in [0.3, 0.4) is 0 Å². The van der Waals surface area contributed by atoms with Gasteiger partial charge in [0.15, 0.2) is 0 Å². The molecule has 2 atom stereocenters. The van der Waals surface area contributed by atoms with Crippen molar-refractivity contribution in [3.8, 4) is 5.75 Å². The molecule has 2 aromatic carbocycles. The Bertz CT molecular complexity index is 1150. The molecule has 0 saturated carbocycles. The quantitative estimate of drug-likeness (QED) is 0.383. The molecule has 1 aliphatic heterocycles. The SMILES string of the molecule is C/C=S(\c1ccc(OC(C)C)cc1)N1CCC(c2cn(CC(=O)O)c3cc(Br)ccc23)C1. The molecule has 4 rings (SSSR count). The minimum absolute atomic E-state index is 0.0265. The zero-order chi connectivity index (χ0) is 22.8. The maximum atomic E-state index is 11.4. The van der Waals surface area contributed by atoms with Gasteiger partial charge in [-0.15, -0.1) is 0 Å². The molecule has 1 fully saturated rings.